The summed E-state index contributed by atoms with van der Waals surface area (Å²) < 4.78 is 11.8. The summed E-state index contributed by atoms with van der Waals surface area (Å²) in [5, 5.41) is 15.7. The van der Waals surface area contributed by atoms with Crippen LogP contribution in [0.3, 0.4) is 0 Å². The number of nitrogens with one attached hydrogen (secondary N) is 2. The van der Waals surface area contributed by atoms with Crippen molar-refractivity contribution in [2.24, 2.45) is 11.8 Å². The predicted molar refractivity (Wildman–Crippen MR) is 136 cm³/mol. The number of aliphatic hydroxyl groups excluding tert-OH is 1. The first kappa shape index (κ1) is 27.7. The van der Waals surface area contributed by atoms with Crippen LogP contribution in [0, 0.1) is 11.8 Å². The van der Waals surface area contributed by atoms with Crippen molar-refractivity contribution in [3.8, 4) is 5.75 Å². The second-order valence-corrected chi connectivity index (χ2v) is 10.2. The lowest BCUT2D eigenvalue weighted by Gasteiger charge is -2.38. The maximum atomic E-state index is 13.6. The minimum Gasteiger partial charge on any atom is -0.485 e. The van der Waals surface area contributed by atoms with Crippen LogP contribution >= 0.6 is 0 Å². The third-order valence-electron chi connectivity index (χ3n) is 6.75. The average molecular weight is 505 g/mol. The number of rotatable bonds is 7. The number of hydrogen-bond acceptors (Lipinski definition) is 6. The molecule has 10 heteroatoms. The fraction of sp³-hybridized carbons (Fsp3) is 0.654. The highest BCUT2D eigenvalue weighted by atomic mass is 16.5. The average Bonchev–Trinajstić information content (AvgIpc) is 2.86. The van der Waals surface area contributed by atoms with Crippen LogP contribution in [0.5, 0.6) is 5.75 Å². The Bertz CT molecular complexity index is 933. The van der Waals surface area contributed by atoms with Crippen molar-refractivity contribution in [1.82, 2.24) is 15.1 Å². The first-order valence-electron chi connectivity index (χ1n) is 12.7. The third kappa shape index (κ3) is 6.67. The molecule has 0 aromatic heterocycles. The van der Waals surface area contributed by atoms with E-state index < -0.39 is 12.1 Å². The van der Waals surface area contributed by atoms with Gasteiger partial charge in [-0.25, -0.2) is 4.79 Å². The molecule has 10 nitrogen and oxygen atoms in total. The number of carbonyl (C=O) groups is 3. The normalized spacial score (nSPS) is 21.6. The van der Waals surface area contributed by atoms with Gasteiger partial charge in [0.05, 0.1) is 30.4 Å². The van der Waals surface area contributed by atoms with Gasteiger partial charge in [0, 0.05) is 44.7 Å². The molecule has 0 bridgehead atoms. The molecular weight excluding hydrogens is 464 g/mol. The lowest BCUT2D eigenvalue weighted by molar-refractivity contribution is -0.122. The molecule has 0 aliphatic carbocycles. The van der Waals surface area contributed by atoms with E-state index in [1.54, 1.807) is 42.0 Å². The van der Waals surface area contributed by atoms with Gasteiger partial charge in [-0.3, -0.25) is 9.59 Å². The van der Waals surface area contributed by atoms with Crippen molar-refractivity contribution in [2.45, 2.75) is 58.7 Å². The van der Waals surface area contributed by atoms with E-state index in [0.717, 1.165) is 0 Å². The van der Waals surface area contributed by atoms with Crippen LogP contribution in [0.15, 0.2) is 18.2 Å². The number of anilines is 1. The molecule has 1 fully saturated rings. The molecule has 3 rings (SSSR count). The zero-order chi connectivity index (χ0) is 26.4. The van der Waals surface area contributed by atoms with Gasteiger partial charge in [0.25, 0.3) is 5.91 Å². The molecule has 3 atom stereocenters. The molecule has 36 heavy (non-hydrogen) atoms. The highest BCUT2D eigenvalue weighted by molar-refractivity contribution is 6.02. The molecule has 200 valence electrons. The van der Waals surface area contributed by atoms with Gasteiger partial charge >= 0.3 is 6.03 Å². The van der Waals surface area contributed by atoms with Gasteiger partial charge in [-0.05, 0) is 45.7 Å². The van der Waals surface area contributed by atoms with Crippen molar-refractivity contribution in [2.75, 3.05) is 45.3 Å². The summed E-state index contributed by atoms with van der Waals surface area (Å²) in [4.78, 5) is 42.4. The Kier molecular flexibility index (Phi) is 9.56. The van der Waals surface area contributed by atoms with Gasteiger partial charge in [0.1, 0.15) is 6.10 Å². The molecule has 1 saturated heterocycles. The summed E-state index contributed by atoms with van der Waals surface area (Å²) in [7, 11) is 1.70. The Labute approximate surface area is 213 Å². The molecule has 0 radical (unpaired) electrons. The van der Waals surface area contributed by atoms with Gasteiger partial charge in [-0.15, -0.1) is 0 Å². The highest BCUT2D eigenvalue weighted by Crippen LogP contribution is 2.35. The summed E-state index contributed by atoms with van der Waals surface area (Å²) in [6, 6.07) is 4.46. The van der Waals surface area contributed by atoms with E-state index in [2.05, 4.69) is 10.6 Å². The quantitative estimate of drug-likeness (QED) is 0.524. The Morgan fingerprint density at radius 1 is 1.22 bits per heavy atom. The summed E-state index contributed by atoms with van der Waals surface area (Å²) in [5.74, 6) is -0.462. The number of para-hydroxylation sites is 1. The minimum atomic E-state index is -0.464. The zero-order valence-corrected chi connectivity index (χ0v) is 22.0. The number of ether oxygens (including phenoxy) is 2. The largest absolute Gasteiger partial charge is 0.485 e. The van der Waals surface area contributed by atoms with E-state index >= 15 is 0 Å². The maximum absolute atomic E-state index is 13.6. The SMILES string of the molecule is CC(C)NC(=O)N(C)C[C@@H]1Oc2c(NC(=O)C3CCOCC3)cccc2C(=O)N([C@@H](C)CO)C[C@H]1C. The number of amides is 4. The molecule has 4 amide bonds. The van der Waals surface area contributed by atoms with E-state index in [4.69, 9.17) is 9.47 Å². The van der Waals surface area contributed by atoms with Crippen molar-refractivity contribution in [3.63, 3.8) is 0 Å². The topological polar surface area (TPSA) is 120 Å². The molecule has 0 spiro atoms. The van der Waals surface area contributed by atoms with Crippen LogP contribution in [0.2, 0.25) is 0 Å². The number of nitrogens with zero attached hydrogens (tertiary/aromatic N) is 2. The second kappa shape index (κ2) is 12.4. The molecule has 1 aromatic carbocycles. The predicted octanol–water partition coefficient (Wildman–Crippen LogP) is 2.32. The van der Waals surface area contributed by atoms with Crippen molar-refractivity contribution >= 4 is 23.5 Å². The van der Waals surface area contributed by atoms with E-state index in [-0.39, 0.29) is 54.6 Å². The van der Waals surface area contributed by atoms with Crippen LogP contribution < -0.4 is 15.4 Å². The van der Waals surface area contributed by atoms with E-state index in [1.165, 1.54) is 0 Å². The van der Waals surface area contributed by atoms with E-state index in [1.807, 2.05) is 20.8 Å². The monoisotopic (exact) mass is 504 g/mol. The maximum Gasteiger partial charge on any atom is 0.317 e. The number of carbonyl (C=O) groups excluding carboxylic acids is 3. The van der Waals surface area contributed by atoms with Crippen molar-refractivity contribution in [3.05, 3.63) is 23.8 Å². The fourth-order valence-corrected chi connectivity index (χ4v) is 4.46. The smallest absolute Gasteiger partial charge is 0.317 e. The van der Waals surface area contributed by atoms with Crippen LogP contribution in [0.4, 0.5) is 10.5 Å². The standard InChI is InChI=1S/C26H40N4O6/c1-16(2)27-26(34)29(5)14-22-17(3)13-30(18(4)15-31)25(33)20-7-6-8-21(23(20)36-22)28-24(32)19-9-11-35-12-10-19/h6-8,16-19,22,31H,9-15H2,1-5H3,(H,27,34)(H,28,32)/t17-,18+,22+/m1/s1. The Morgan fingerprint density at radius 2 is 1.92 bits per heavy atom. The van der Waals surface area contributed by atoms with Crippen LogP contribution in [-0.2, 0) is 9.53 Å². The first-order valence-corrected chi connectivity index (χ1v) is 12.7. The molecule has 0 unspecified atom stereocenters. The molecule has 1 aromatic rings. The Hall–Kier alpha value is -2.85. The number of urea groups is 1. The van der Waals surface area contributed by atoms with Crippen molar-refractivity contribution in [1.29, 1.82) is 0 Å². The lowest BCUT2D eigenvalue weighted by atomic mass is 9.98. The molecule has 3 N–H and O–H groups in total. The van der Waals surface area contributed by atoms with Crippen LogP contribution in [0.25, 0.3) is 0 Å². The van der Waals surface area contributed by atoms with Crippen LogP contribution in [0.1, 0.15) is 50.9 Å². The van der Waals surface area contributed by atoms with Gasteiger partial charge in [0.15, 0.2) is 5.75 Å². The summed E-state index contributed by atoms with van der Waals surface area (Å²) in [6.45, 7) is 9.05. The third-order valence-corrected chi connectivity index (χ3v) is 6.75. The molecule has 2 heterocycles. The van der Waals surface area contributed by atoms with Gasteiger partial charge in [-0.2, -0.15) is 0 Å². The zero-order valence-electron chi connectivity index (χ0n) is 22.0. The number of aliphatic hydroxyl groups is 1. The minimum absolute atomic E-state index is 0.0122. The molecular formula is C26H40N4O6. The first-order chi connectivity index (χ1) is 17.1. The number of hydrogen-bond donors (Lipinski definition) is 3. The number of likely N-dealkylation sites (N-methyl/N-ethyl adjacent to an activating group) is 1. The van der Waals surface area contributed by atoms with Gasteiger partial charge < -0.3 is 35.0 Å². The van der Waals surface area contributed by atoms with E-state index in [9.17, 15) is 19.5 Å². The Balaban J connectivity index is 1.95. The lowest BCUT2D eigenvalue weighted by Crippen LogP contribution is -2.51. The van der Waals surface area contributed by atoms with Gasteiger partial charge in [-0.1, -0.05) is 13.0 Å². The molecule has 2 aliphatic rings. The fourth-order valence-electron chi connectivity index (χ4n) is 4.46. The Morgan fingerprint density at radius 3 is 2.56 bits per heavy atom. The van der Waals surface area contributed by atoms with E-state index in [0.29, 0.717) is 43.9 Å². The second-order valence-electron chi connectivity index (χ2n) is 10.2. The number of benzene rings is 1. The van der Waals surface area contributed by atoms with Gasteiger partial charge in [0.2, 0.25) is 5.91 Å². The summed E-state index contributed by atoms with van der Waals surface area (Å²) in [5.41, 5.74) is 0.730. The number of fused-ring (bicyclic) bond motifs is 1. The molecule has 2 aliphatic heterocycles. The van der Waals surface area contributed by atoms with Crippen molar-refractivity contribution < 1.29 is 29.0 Å². The summed E-state index contributed by atoms with van der Waals surface area (Å²) >= 11 is 0. The van der Waals surface area contributed by atoms with Crippen LogP contribution in [-0.4, -0.2) is 90.9 Å². The molecule has 0 saturated carbocycles. The highest BCUT2D eigenvalue weighted by Gasteiger charge is 2.35. The summed E-state index contributed by atoms with van der Waals surface area (Å²) in [6.07, 6.45) is 0.810.